The third-order valence-corrected chi connectivity index (χ3v) is 12.9. The molecule has 0 aliphatic heterocycles. The summed E-state index contributed by atoms with van der Waals surface area (Å²) in [6, 6.07) is 87.6. The Balaban J connectivity index is 1.20. The molecule has 60 heavy (non-hydrogen) atoms. The van der Waals surface area contributed by atoms with Gasteiger partial charge in [-0.05, 0) is 114 Å². The molecule has 0 radical (unpaired) electrons. The third-order valence-electron chi connectivity index (χ3n) is 12.9. The zero-order valence-electron chi connectivity index (χ0n) is 33.0. The number of fused-ring (bicyclic) bond motifs is 13. The van der Waals surface area contributed by atoms with E-state index in [9.17, 15) is 0 Å². The number of anilines is 3. The second-order valence-corrected chi connectivity index (χ2v) is 16.0. The van der Waals surface area contributed by atoms with E-state index < -0.39 is 5.41 Å². The molecule has 1 nitrogen and oxygen atoms in total. The molecule has 0 saturated heterocycles. The Bertz CT molecular complexity index is 3190. The number of benzene rings is 10. The van der Waals surface area contributed by atoms with E-state index in [1.165, 1.54) is 88.7 Å². The molecule has 280 valence electrons. The van der Waals surface area contributed by atoms with Gasteiger partial charge in [-0.25, -0.2) is 0 Å². The molecule has 0 N–H and O–H groups in total. The van der Waals surface area contributed by atoms with Gasteiger partial charge >= 0.3 is 0 Å². The highest BCUT2D eigenvalue weighted by Gasteiger charge is 2.50. The standard InChI is InChI=1S/C59H39N/c1-3-19-40(20-4-1)45-25-13-17-33-57(45)60(58-34-18-14-26-46(58)41-21-5-2-6-22-41)44-35-36-55-52(39-44)48-28-10-9-27-47(48)49-29-11-15-31-53(49)59(55)54-32-16-12-30-50(54)51-37-42-23-7-8-24-43(42)38-56(51)59/h1-39H. The van der Waals surface area contributed by atoms with Crippen molar-refractivity contribution in [3.05, 3.63) is 259 Å². The normalized spacial score (nSPS) is 14.4. The lowest BCUT2D eigenvalue weighted by molar-refractivity contribution is 0.776. The predicted octanol–water partition coefficient (Wildman–Crippen LogP) is 15.7. The van der Waals surface area contributed by atoms with Gasteiger partial charge in [-0.3, -0.25) is 0 Å². The van der Waals surface area contributed by atoms with Gasteiger partial charge in [-0.1, -0.05) is 200 Å². The van der Waals surface area contributed by atoms with Gasteiger partial charge in [0.25, 0.3) is 0 Å². The minimum Gasteiger partial charge on any atom is -0.309 e. The molecule has 2 aliphatic carbocycles. The maximum atomic E-state index is 2.49. The fourth-order valence-electron chi connectivity index (χ4n) is 10.4. The SMILES string of the molecule is c1ccc(-c2ccccc2N(c2ccc3c(c2)-c2ccccc2-c2ccccc2C32c3ccccc3-c3cc4ccccc4cc32)c2ccccc2-c2ccccc2)cc1. The minimum absolute atomic E-state index is 0.575. The van der Waals surface area contributed by atoms with Gasteiger partial charge in [0, 0.05) is 16.8 Å². The molecule has 0 amide bonds. The van der Waals surface area contributed by atoms with E-state index in [0.717, 1.165) is 17.1 Å². The van der Waals surface area contributed by atoms with Crippen LogP contribution in [0.1, 0.15) is 22.3 Å². The largest absolute Gasteiger partial charge is 0.309 e. The smallest absolute Gasteiger partial charge is 0.0725 e. The van der Waals surface area contributed by atoms with E-state index >= 15 is 0 Å². The van der Waals surface area contributed by atoms with Crippen molar-refractivity contribution in [1.82, 2.24) is 0 Å². The van der Waals surface area contributed by atoms with Gasteiger partial charge in [0.2, 0.25) is 0 Å². The van der Waals surface area contributed by atoms with Crippen molar-refractivity contribution in [2.45, 2.75) is 5.41 Å². The first-order chi connectivity index (χ1) is 29.8. The lowest BCUT2D eigenvalue weighted by atomic mass is 9.65. The van der Waals surface area contributed by atoms with E-state index in [2.05, 4.69) is 241 Å². The average molecular weight is 762 g/mol. The van der Waals surface area contributed by atoms with Crippen LogP contribution in [0.5, 0.6) is 0 Å². The summed E-state index contributed by atoms with van der Waals surface area (Å²) in [5.41, 5.74) is 20.3. The highest BCUT2D eigenvalue weighted by atomic mass is 15.1. The summed E-state index contributed by atoms with van der Waals surface area (Å²) in [5.74, 6) is 0. The molecular formula is C59H39N. The monoisotopic (exact) mass is 761 g/mol. The Hall–Kier alpha value is -7.74. The van der Waals surface area contributed by atoms with Crippen molar-refractivity contribution in [2.75, 3.05) is 4.90 Å². The second-order valence-electron chi connectivity index (χ2n) is 16.0. The quantitative estimate of drug-likeness (QED) is 0.169. The van der Waals surface area contributed by atoms with Crippen LogP contribution in [-0.2, 0) is 5.41 Å². The van der Waals surface area contributed by atoms with Crippen LogP contribution in [0.4, 0.5) is 17.1 Å². The number of hydrogen-bond acceptors (Lipinski definition) is 1. The summed E-state index contributed by atoms with van der Waals surface area (Å²) < 4.78 is 0. The molecule has 12 rings (SSSR count). The first kappa shape index (κ1) is 34.3. The van der Waals surface area contributed by atoms with Gasteiger partial charge in [-0.15, -0.1) is 0 Å². The van der Waals surface area contributed by atoms with Crippen LogP contribution in [0.3, 0.4) is 0 Å². The highest BCUT2D eigenvalue weighted by Crippen LogP contribution is 2.62. The highest BCUT2D eigenvalue weighted by molar-refractivity contribution is 6.02. The summed E-state index contributed by atoms with van der Waals surface area (Å²) in [4.78, 5) is 2.49. The van der Waals surface area contributed by atoms with Crippen molar-refractivity contribution in [3.8, 4) is 55.6 Å². The maximum absolute atomic E-state index is 2.49. The minimum atomic E-state index is -0.575. The summed E-state index contributed by atoms with van der Waals surface area (Å²) in [5, 5.41) is 2.51. The van der Waals surface area contributed by atoms with E-state index in [4.69, 9.17) is 0 Å². The molecule has 2 aliphatic rings. The number of rotatable bonds is 5. The Labute approximate surface area is 351 Å². The van der Waals surface area contributed by atoms with E-state index in [1.807, 2.05) is 0 Å². The molecule has 0 heterocycles. The first-order valence-electron chi connectivity index (χ1n) is 20.8. The molecular weight excluding hydrogens is 723 g/mol. The lowest BCUT2D eigenvalue weighted by Crippen LogP contribution is -2.29. The first-order valence-corrected chi connectivity index (χ1v) is 20.8. The molecule has 0 aromatic heterocycles. The summed E-state index contributed by atoms with van der Waals surface area (Å²) in [6.07, 6.45) is 0. The van der Waals surface area contributed by atoms with Crippen molar-refractivity contribution in [1.29, 1.82) is 0 Å². The summed E-state index contributed by atoms with van der Waals surface area (Å²) >= 11 is 0. The van der Waals surface area contributed by atoms with E-state index in [0.29, 0.717) is 0 Å². The molecule has 10 aromatic rings. The zero-order chi connectivity index (χ0) is 39.6. The predicted molar refractivity (Wildman–Crippen MR) is 251 cm³/mol. The van der Waals surface area contributed by atoms with Crippen LogP contribution < -0.4 is 4.90 Å². The number of hydrogen-bond donors (Lipinski definition) is 0. The summed E-state index contributed by atoms with van der Waals surface area (Å²) in [7, 11) is 0. The fraction of sp³-hybridized carbons (Fsp3) is 0.0169. The molecule has 0 fully saturated rings. The molecule has 10 aromatic carbocycles. The Kier molecular flexibility index (Phi) is 7.83. The molecule has 0 saturated carbocycles. The van der Waals surface area contributed by atoms with Crippen LogP contribution >= 0.6 is 0 Å². The number of nitrogens with zero attached hydrogens (tertiary/aromatic N) is 1. The van der Waals surface area contributed by atoms with Gasteiger partial charge in [0.05, 0.1) is 16.8 Å². The third kappa shape index (κ3) is 5.06. The molecule has 1 unspecified atom stereocenters. The van der Waals surface area contributed by atoms with Crippen molar-refractivity contribution >= 4 is 27.8 Å². The van der Waals surface area contributed by atoms with Gasteiger partial charge in [0.15, 0.2) is 0 Å². The van der Waals surface area contributed by atoms with Crippen molar-refractivity contribution in [2.24, 2.45) is 0 Å². The van der Waals surface area contributed by atoms with E-state index in [-0.39, 0.29) is 0 Å². The molecule has 1 spiro atoms. The van der Waals surface area contributed by atoms with Crippen molar-refractivity contribution < 1.29 is 0 Å². The van der Waals surface area contributed by atoms with Crippen LogP contribution in [0.15, 0.2) is 237 Å². The lowest BCUT2D eigenvalue weighted by Gasteiger charge is -2.36. The van der Waals surface area contributed by atoms with Crippen molar-refractivity contribution in [3.63, 3.8) is 0 Å². The Morgan fingerprint density at radius 1 is 0.250 bits per heavy atom. The van der Waals surface area contributed by atoms with Crippen LogP contribution in [-0.4, -0.2) is 0 Å². The molecule has 1 atom stereocenters. The molecule has 1 heteroatoms. The average Bonchev–Trinajstić information content (AvgIpc) is 3.55. The van der Waals surface area contributed by atoms with Crippen LogP contribution in [0, 0.1) is 0 Å². The van der Waals surface area contributed by atoms with Crippen LogP contribution in [0.2, 0.25) is 0 Å². The second kappa shape index (κ2) is 13.7. The number of para-hydroxylation sites is 2. The van der Waals surface area contributed by atoms with Gasteiger partial charge in [0.1, 0.15) is 0 Å². The van der Waals surface area contributed by atoms with Crippen LogP contribution in [0.25, 0.3) is 66.4 Å². The maximum Gasteiger partial charge on any atom is 0.0725 e. The summed E-state index contributed by atoms with van der Waals surface area (Å²) in [6.45, 7) is 0. The van der Waals surface area contributed by atoms with E-state index in [1.54, 1.807) is 0 Å². The topological polar surface area (TPSA) is 3.24 Å². The Morgan fingerprint density at radius 2 is 0.650 bits per heavy atom. The zero-order valence-corrected chi connectivity index (χ0v) is 33.0. The van der Waals surface area contributed by atoms with Gasteiger partial charge < -0.3 is 4.90 Å². The van der Waals surface area contributed by atoms with Gasteiger partial charge in [-0.2, -0.15) is 0 Å². The Morgan fingerprint density at radius 3 is 1.23 bits per heavy atom. The fourth-order valence-corrected chi connectivity index (χ4v) is 10.4. The molecule has 0 bridgehead atoms.